The molecule has 0 aliphatic carbocycles. The summed E-state index contributed by atoms with van der Waals surface area (Å²) < 4.78 is 5.08. The topological polar surface area (TPSA) is 50.1 Å². The fourth-order valence-corrected chi connectivity index (χ4v) is 1.14. The van der Waals surface area contributed by atoms with E-state index in [2.05, 4.69) is 0 Å². The molecule has 1 heterocycles. The Morgan fingerprint density at radius 1 is 1.46 bits per heavy atom. The van der Waals surface area contributed by atoms with Crippen LogP contribution in [0, 0.1) is 5.41 Å². The molecule has 1 rings (SSSR count). The Morgan fingerprint density at radius 3 is 2.54 bits per heavy atom. The maximum atomic E-state index is 10.6. The molecule has 0 fully saturated rings. The highest BCUT2D eigenvalue weighted by Gasteiger charge is 2.20. The van der Waals surface area contributed by atoms with Gasteiger partial charge in [0.25, 0.3) is 0 Å². The number of hydrogen-bond acceptors (Lipinski definition) is 2. The van der Waals surface area contributed by atoms with E-state index >= 15 is 0 Å². The van der Waals surface area contributed by atoms with E-state index in [4.69, 9.17) is 4.42 Å². The number of carbonyl (C=O) groups is 1. The number of carbonyl (C=O) groups excluding carboxylic acids is 1. The summed E-state index contributed by atoms with van der Waals surface area (Å²) in [4.78, 5) is 10.6. The Bertz CT molecular complexity index is 304. The monoisotopic (exact) mass is 181 g/mol. The largest absolute Gasteiger partial charge is 0.468 e. The lowest BCUT2D eigenvalue weighted by Crippen LogP contribution is -2.11. The van der Waals surface area contributed by atoms with Crippen molar-refractivity contribution >= 4 is 5.97 Å². The van der Waals surface area contributed by atoms with Gasteiger partial charge in [-0.2, -0.15) is 0 Å². The standard InChI is InChI=1S/C10H13O3/c1-10(2,3)6-8-7(9(11)12)4-5-13-8/h4-5H,6H2,1-3H3. The molecule has 71 valence electrons. The summed E-state index contributed by atoms with van der Waals surface area (Å²) in [6.07, 6.45) is 1.98. The average molecular weight is 181 g/mol. The van der Waals surface area contributed by atoms with Crippen molar-refractivity contribution in [1.82, 2.24) is 0 Å². The second-order valence-electron chi connectivity index (χ2n) is 4.28. The van der Waals surface area contributed by atoms with Crippen molar-refractivity contribution in [2.75, 3.05) is 0 Å². The first-order valence-corrected chi connectivity index (χ1v) is 4.18. The Balaban J connectivity index is 2.89. The normalized spacial score (nSPS) is 11.6. The zero-order valence-corrected chi connectivity index (χ0v) is 8.09. The maximum absolute atomic E-state index is 10.6. The van der Waals surface area contributed by atoms with Crippen LogP contribution >= 0.6 is 0 Å². The fourth-order valence-electron chi connectivity index (χ4n) is 1.14. The van der Waals surface area contributed by atoms with Crippen LogP contribution in [0.4, 0.5) is 0 Å². The quantitative estimate of drug-likeness (QED) is 0.703. The average Bonchev–Trinajstić information content (AvgIpc) is 2.31. The molecule has 0 unspecified atom stereocenters. The summed E-state index contributed by atoms with van der Waals surface area (Å²) in [6.45, 7) is 6.07. The van der Waals surface area contributed by atoms with Gasteiger partial charge in [-0.3, -0.25) is 0 Å². The summed E-state index contributed by atoms with van der Waals surface area (Å²) in [5.74, 6) is -0.680. The number of hydrogen-bond donors (Lipinski definition) is 0. The first kappa shape index (κ1) is 9.84. The molecule has 3 heteroatoms. The van der Waals surface area contributed by atoms with E-state index in [0.717, 1.165) is 0 Å². The van der Waals surface area contributed by atoms with Gasteiger partial charge in [-0.25, -0.2) is 9.90 Å². The van der Waals surface area contributed by atoms with Crippen molar-refractivity contribution < 1.29 is 14.3 Å². The summed E-state index contributed by atoms with van der Waals surface area (Å²) in [7, 11) is 0. The minimum absolute atomic E-state index is 0.0159. The number of furan rings is 1. The second-order valence-corrected chi connectivity index (χ2v) is 4.28. The van der Waals surface area contributed by atoms with Crippen molar-refractivity contribution in [3.63, 3.8) is 0 Å². The zero-order valence-electron chi connectivity index (χ0n) is 8.09. The number of rotatable bonds is 2. The Kier molecular flexibility index (Phi) is 2.45. The molecule has 1 radical (unpaired) electrons. The van der Waals surface area contributed by atoms with E-state index in [1.807, 2.05) is 20.8 Å². The van der Waals surface area contributed by atoms with Gasteiger partial charge in [0, 0.05) is 6.42 Å². The third-order valence-corrected chi connectivity index (χ3v) is 1.66. The molecule has 0 amide bonds. The van der Waals surface area contributed by atoms with Crippen LogP contribution in [0.2, 0.25) is 0 Å². The predicted molar refractivity (Wildman–Crippen MR) is 46.9 cm³/mol. The Labute approximate surface area is 77.4 Å². The van der Waals surface area contributed by atoms with Crippen molar-refractivity contribution in [3.8, 4) is 0 Å². The van der Waals surface area contributed by atoms with E-state index < -0.39 is 5.97 Å². The molecule has 3 nitrogen and oxygen atoms in total. The van der Waals surface area contributed by atoms with Crippen LogP contribution in [0.1, 0.15) is 36.9 Å². The lowest BCUT2D eigenvalue weighted by Gasteiger charge is -2.16. The van der Waals surface area contributed by atoms with Crippen LogP contribution < -0.4 is 0 Å². The van der Waals surface area contributed by atoms with E-state index in [1.165, 1.54) is 12.3 Å². The van der Waals surface area contributed by atoms with Gasteiger partial charge >= 0.3 is 5.97 Å². The molecule has 0 aliphatic rings. The van der Waals surface area contributed by atoms with Gasteiger partial charge in [0.1, 0.15) is 11.3 Å². The predicted octanol–water partition coefficient (Wildman–Crippen LogP) is 2.44. The fraction of sp³-hybridized carbons (Fsp3) is 0.500. The molecule has 0 saturated heterocycles. The zero-order chi connectivity index (χ0) is 10.1. The molecule has 0 bridgehead atoms. The highest BCUT2D eigenvalue weighted by molar-refractivity contribution is 5.88. The Morgan fingerprint density at radius 2 is 2.08 bits per heavy atom. The minimum atomic E-state index is -1.17. The van der Waals surface area contributed by atoms with Gasteiger partial charge in [-0.15, -0.1) is 0 Å². The van der Waals surface area contributed by atoms with Crippen LogP contribution in [0.3, 0.4) is 0 Å². The highest BCUT2D eigenvalue weighted by Crippen LogP contribution is 2.23. The third kappa shape index (κ3) is 2.61. The van der Waals surface area contributed by atoms with Crippen molar-refractivity contribution in [2.45, 2.75) is 27.2 Å². The molecule has 0 N–H and O–H groups in total. The van der Waals surface area contributed by atoms with E-state index in [1.54, 1.807) is 0 Å². The molecular weight excluding hydrogens is 168 g/mol. The first-order chi connectivity index (χ1) is 5.90. The molecule has 13 heavy (non-hydrogen) atoms. The SMILES string of the molecule is CC(C)(C)Cc1occc1C([O])=O. The highest BCUT2D eigenvalue weighted by atomic mass is 16.4. The lowest BCUT2D eigenvalue weighted by atomic mass is 9.90. The molecule has 0 spiro atoms. The van der Waals surface area contributed by atoms with Crippen molar-refractivity contribution in [3.05, 3.63) is 23.7 Å². The van der Waals surface area contributed by atoms with Crippen molar-refractivity contribution in [1.29, 1.82) is 0 Å². The smallest absolute Gasteiger partial charge is 0.389 e. The molecule has 0 atom stereocenters. The van der Waals surface area contributed by atoms with Crippen LogP contribution in [-0.4, -0.2) is 5.97 Å². The van der Waals surface area contributed by atoms with E-state index in [-0.39, 0.29) is 11.0 Å². The maximum Gasteiger partial charge on any atom is 0.389 e. The van der Waals surface area contributed by atoms with Gasteiger partial charge in [-0.05, 0) is 11.5 Å². The summed E-state index contributed by atoms with van der Waals surface area (Å²) in [6, 6.07) is 1.43. The summed E-state index contributed by atoms with van der Waals surface area (Å²) in [5.41, 5.74) is 0.178. The van der Waals surface area contributed by atoms with Crippen molar-refractivity contribution in [2.24, 2.45) is 5.41 Å². The summed E-state index contributed by atoms with van der Waals surface area (Å²) in [5, 5.41) is 10.6. The van der Waals surface area contributed by atoms with Gasteiger partial charge in [0.15, 0.2) is 0 Å². The molecule has 0 aliphatic heterocycles. The van der Waals surface area contributed by atoms with Crippen LogP contribution in [0.15, 0.2) is 16.7 Å². The molecule has 1 aromatic rings. The molecule has 0 aromatic carbocycles. The molecular formula is C10H13O3. The van der Waals surface area contributed by atoms with Gasteiger partial charge in [-0.1, -0.05) is 20.8 Å². The van der Waals surface area contributed by atoms with Gasteiger partial charge in [0.05, 0.1) is 6.26 Å². The van der Waals surface area contributed by atoms with Gasteiger partial charge in [0.2, 0.25) is 0 Å². The van der Waals surface area contributed by atoms with E-state index in [9.17, 15) is 9.90 Å². The molecule has 0 saturated carbocycles. The minimum Gasteiger partial charge on any atom is -0.468 e. The third-order valence-electron chi connectivity index (χ3n) is 1.66. The first-order valence-electron chi connectivity index (χ1n) is 4.18. The second kappa shape index (κ2) is 3.24. The van der Waals surface area contributed by atoms with Gasteiger partial charge < -0.3 is 4.42 Å². The van der Waals surface area contributed by atoms with E-state index in [0.29, 0.717) is 12.2 Å². The lowest BCUT2D eigenvalue weighted by molar-refractivity contribution is 0.0570. The van der Waals surface area contributed by atoms with Crippen LogP contribution in [0.5, 0.6) is 0 Å². The Hall–Kier alpha value is -1.25. The van der Waals surface area contributed by atoms with Crippen LogP contribution in [-0.2, 0) is 11.5 Å². The summed E-state index contributed by atoms with van der Waals surface area (Å²) >= 11 is 0. The van der Waals surface area contributed by atoms with Crippen LogP contribution in [0.25, 0.3) is 0 Å². The molecule has 1 aromatic heterocycles.